The van der Waals surface area contributed by atoms with Crippen LogP contribution in [0.5, 0.6) is 0 Å². The van der Waals surface area contributed by atoms with Crippen molar-refractivity contribution in [1.29, 1.82) is 0 Å². The summed E-state index contributed by atoms with van der Waals surface area (Å²) in [5.74, 6) is 0.678. The van der Waals surface area contributed by atoms with E-state index >= 15 is 0 Å². The molecule has 0 radical (unpaired) electrons. The Morgan fingerprint density at radius 1 is 1.42 bits per heavy atom. The number of rotatable bonds is 5. The summed E-state index contributed by atoms with van der Waals surface area (Å²) < 4.78 is 1.65. The molecule has 0 saturated heterocycles. The van der Waals surface area contributed by atoms with Crippen molar-refractivity contribution in [1.82, 2.24) is 19.9 Å². The Labute approximate surface area is 155 Å². The molecular weight excluding hydrogens is 348 g/mol. The highest BCUT2D eigenvalue weighted by Crippen LogP contribution is 2.31. The van der Waals surface area contributed by atoms with Crippen molar-refractivity contribution in [2.75, 3.05) is 12.3 Å². The molecule has 2 N–H and O–H groups in total. The van der Waals surface area contributed by atoms with Crippen LogP contribution in [-0.4, -0.2) is 32.7 Å². The van der Waals surface area contributed by atoms with Gasteiger partial charge in [-0.3, -0.25) is 14.2 Å². The van der Waals surface area contributed by atoms with Crippen molar-refractivity contribution in [3.63, 3.8) is 0 Å². The maximum atomic E-state index is 12.3. The molecule has 1 unspecified atom stereocenters. The molecule has 1 atom stereocenters. The van der Waals surface area contributed by atoms with Gasteiger partial charge in [-0.1, -0.05) is 30.0 Å². The number of para-hydroxylation sites is 1. The molecule has 4 rings (SSSR count). The predicted molar refractivity (Wildman–Crippen MR) is 103 cm³/mol. The zero-order chi connectivity index (χ0) is 18.1. The van der Waals surface area contributed by atoms with Gasteiger partial charge in [0.2, 0.25) is 5.91 Å². The Hall–Kier alpha value is -2.54. The molecular formula is C19H20N4O2S. The Bertz CT molecular complexity index is 1020. The number of fused-ring (bicyclic) bond motifs is 2. The van der Waals surface area contributed by atoms with E-state index in [0.29, 0.717) is 23.9 Å². The van der Waals surface area contributed by atoms with Crippen molar-refractivity contribution >= 4 is 28.6 Å². The summed E-state index contributed by atoms with van der Waals surface area (Å²) in [7, 11) is 0. The quantitative estimate of drug-likeness (QED) is 0.678. The van der Waals surface area contributed by atoms with Crippen LogP contribution in [-0.2, 0) is 11.2 Å². The van der Waals surface area contributed by atoms with Crippen molar-refractivity contribution in [2.24, 2.45) is 0 Å². The molecule has 6 nitrogen and oxygen atoms in total. The minimum absolute atomic E-state index is 0.0317. The molecule has 0 aliphatic carbocycles. The Kier molecular flexibility index (Phi) is 4.55. The number of hydrogen-bond donors (Lipinski definition) is 2. The lowest BCUT2D eigenvalue weighted by Crippen LogP contribution is -2.31. The molecule has 134 valence electrons. The number of amides is 1. The number of hydrogen-bond acceptors (Lipinski definition) is 4. The summed E-state index contributed by atoms with van der Waals surface area (Å²) in [4.78, 5) is 32.1. The molecule has 3 aromatic rings. The monoisotopic (exact) mass is 368 g/mol. The number of carbonyl (C=O) groups excluding carboxylic acids is 1. The van der Waals surface area contributed by atoms with Crippen LogP contribution >= 0.6 is 11.8 Å². The van der Waals surface area contributed by atoms with E-state index in [-0.39, 0.29) is 17.5 Å². The predicted octanol–water partition coefficient (Wildman–Crippen LogP) is 2.43. The molecule has 0 saturated carbocycles. The molecule has 3 heterocycles. The molecule has 1 aromatic carbocycles. The first-order valence-corrected chi connectivity index (χ1v) is 9.65. The van der Waals surface area contributed by atoms with Gasteiger partial charge in [-0.05, 0) is 25.0 Å². The number of aryl methyl sites for hydroxylation is 1. The fourth-order valence-corrected chi connectivity index (χ4v) is 4.57. The third-order valence-corrected chi connectivity index (χ3v) is 5.73. The third-order valence-electron chi connectivity index (χ3n) is 4.63. The van der Waals surface area contributed by atoms with E-state index in [9.17, 15) is 9.59 Å². The maximum absolute atomic E-state index is 12.3. The molecule has 0 spiro atoms. The number of nitrogens with zero attached hydrogens (tertiary/aromatic N) is 2. The average Bonchev–Trinajstić information content (AvgIpc) is 3.19. The van der Waals surface area contributed by atoms with E-state index in [1.807, 2.05) is 31.3 Å². The number of H-pyrrole nitrogens is 1. The van der Waals surface area contributed by atoms with Crippen molar-refractivity contribution in [3.8, 4) is 0 Å². The third kappa shape index (κ3) is 3.26. The van der Waals surface area contributed by atoms with Gasteiger partial charge in [-0.2, -0.15) is 0 Å². The van der Waals surface area contributed by atoms with Crippen LogP contribution in [0.3, 0.4) is 0 Å². The molecule has 1 amide bonds. The van der Waals surface area contributed by atoms with E-state index < -0.39 is 0 Å². The van der Waals surface area contributed by atoms with Gasteiger partial charge in [0.1, 0.15) is 0 Å². The van der Waals surface area contributed by atoms with Gasteiger partial charge in [0.05, 0.1) is 6.04 Å². The maximum Gasteiger partial charge on any atom is 0.254 e. The summed E-state index contributed by atoms with van der Waals surface area (Å²) in [6.07, 6.45) is 3.07. The van der Waals surface area contributed by atoms with Crippen LogP contribution in [0, 0.1) is 6.92 Å². The van der Waals surface area contributed by atoms with E-state index in [1.54, 1.807) is 4.57 Å². The van der Waals surface area contributed by atoms with Crippen LogP contribution in [0.1, 0.15) is 23.7 Å². The van der Waals surface area contributed by atoms with Gasteiger partial charge >= 0.3 is 0 Å². The topological polar surface area (TPSA) is 79.8 Å². The smallest absolute Gasteiger partial charge is 0.254 e. The van der Waals surface area contributed by atoms with Gasteiger partial charge in [-0.15, -0.1) is 0 Å². The Morgan fingerprint density at radius 2 is 2.27 bits per heavy atom. The summed E-state index contributed by atoms with van der Waals surface area (Å²) in [5, 5.41) is 4.88. The molecule has 26 heavy (non-hydrogen) atoms. The standard InChI is InChI=1S/C19H20N4O2S/c1-12-8-18(25)23-14(11-26-19(23)22-12)9-17(24)20-7-6-13-10-21-16-5-3-2-4-15(13)16/h2-5,8,10,14,21H,6-7,9,11H2,1H3,(H,20,24). The number of aromatic amines is 1. The highest BCUT2D eigenvalue weighted by molar-refractivity contribution is 7.99. The highest BCUT2D eigenvalue weighted by atomic mass is 32.2. The largest absolute Gasteiger partial charge is 0.361 e. The van der Waals surface area contributed by atoms with Crippen LogP contribution in [0.4, 0.5) is 0 Å². The van der Waals surface area contributed by atoms with Gasteiger partial charge < -0.3 is 10.3 Å². The second-order valence-electron chi connectivity index (χ2n) is 6.52. The minimum atomic E-state index is -0.122. The number of benzene rings is 1. The SMILES string of the molecule is Cc1cc(=O)n2c(n1)SCC2CC(=O)NCCc1c[nH]c2ccccc12. The second-order valence-corrected chi connectivity index (χ2v) is 7.50. The number of aromatic nitrogens is 3. The zero-order valence-electron chi connectivity index (χ0n) is 14.5. The summed E-state index contributed by atoms with van der Waals surface area (Å²) in [5.41, 5.74) is 2.95. The summed E-state index contributed by atoms with van der Waals surface area (Å²) >= 11 is 1.54. The zero-order valence-corrected chi connectivity index (χ0v) is 15.3. The van der Waals surface area contributed by atoms with Crippen molar-refractivity contribution in [2.45, 2.75) is 31.0 Å². The molecule has 7 heteroatoms. The van der Waals surface area contributed by atoms with Gasteiger partial charge in [0.25, 0.3) is 5.56 Å². The molecule has 0 bridgehead atoms. The van der Waals surface area contributed by atoms with Crippen molar-refractivity contribution < 1.29 is 4.79 Å². The lowest BCUT2D eigenvalue weighted by Gasteiger charge is -2.13. The normalized spacial score (nSPS) is 16.0. The van der Waals surface area contributed by atoms with Crippen LogP contribution < -0.4 is 10.9 Å². The van der Waals surface area contributed by atoms with E-state index in [1.165, 1.54) is 28.8 Å². The molecule has 1 aliphatic rings. The van der Waals surface area contributed by atoms with E-state index in [4.69, 9.17) is 0 Å². The summed E-state index contributed by atoms with van der Waals surface area (Å²) in [6.45, 7) is 2.39. The van der Waals surface area contributed by atoms with Crippen LogP contribution in [0.2, 0.25) is 0 Å². The Balaban J connectivity index is 1.35. The lowest BCUT2D eigenvalue weighted by atomic mass is 10.1. The second kappa shape index (κ2) is 6.99. The molecule has 2 aromatic heterocycles. The fraction of sp³-hybridized carbons (Fsp3) is 0.316. The average molecular weight is 368 g/mol. The number of nitrogens with one attached hydrogen (secondary N) is 2. The Morgan fingerprint density at radius 3 is 3.15 bits per heavy atom. The fourth-order valence-electron chi connectivity index (χ4n) is 3.37. The van der Waals surface area contributed by atoms with Gasteiger partial charge in [0, 0.05) is 47.6 Å². The summed E-state index contributed by atoms with van der Waals surface area (Å²) in [6, 6.07) is 9.54. The van der Waals surface area contributed by atoms with E-state index in [0.717, 1.165) is 17.6 Å². The van der Waals surface area contributed by atoms with Crippen LogP contribution in [0.25, 0.3) is 10.9 Å². The first-order chi connectivity index (χ1) is 12.6. The minimum Gasteiger partial charge on any atom is -0.361 e. The first-order valence-electron chi connectivity index (χ1n) is 8.66. The molecule has 1 aliphatic heterocycles. The highest BCUT2D eigenvalue weighted by Gasteiger charge is 2.27. The van der Waals surface area contributed by atoms with Crippen LogP contribution in [0.15, 0.2) is 46.5 Å². The molecule has 0 fully saturated rings. The number of carbonyl (C=O) groups is 1. The van der Waals surface area contributed by atoms with E-state index in [2.05, 4.69) is 21.4 Å². The van der Waals surface area contributed by atoms with Gasteiger partial charge in [-0.25, -0.2) is 4.98 Å². The van der Waals surface area contributed by atoms with Crippen molar-refractivity contribution in [3.05, 3.63) is 58.1 Å². The van der Waals surface area contributed by atoms with Gasteiger partial charge in [0.15, 0.2) is 5.16 Å². The lowest BCUT2D eigenvalue weighted by molar-refractivity contribution is -0.121. The number of thioether (sulfide) groups is 1. The first kappa shape index (κ1) is 16.9.